The number of nitrogens with one attached hydrogen (secondary N) is 3. The summed E-state index contributed by atoms with van der Waals surface area (Å²) in [5, 5.41) is 11.7. The highest BCUT2D eigenvalue weighted by Gasteiger charge is 2.12. The maximum absolute atomic E-state index is 12.0. The Labute approximate surface area is 161 Å². The van der Waals surface area contributed by atoms with E-state index in [0.717, 1.165) is 11.1 Å². The first-order valence-electron chi connectivity index (χ1n) is 8.52. The molecule has 3 aromatic rings. The molecule has 142 valence electrons. The van der Waals surface area contributed by atoms with Gasteiger partial charge in [0.25, 0.3) is 0 Å². The monoisotopic (exact) mass is 377 g/mol. The third-order valence-corrected chi connectivity index (χ3v) is 3.75. The van der Waals surface area contributed by atoms with Crippen LogP contribution in [0.4, 0.5) is 5.95 Å². The summed E-state index contributed by atoms with van der Waals surface area (Å²) < 4.78 is 5.28. The summed E-state index contributed by atoms with van der Waals surface area (Å²) in [7, 11) is 1.56. The van der Waals surface area contributed by atoms with E-state index in [1.54, 1.807) is 19.3 Å². The fourth-order valence-corrected chi connectivity index (χ4v) is 2.41. The molecule has 0 radical (unpaired) electrons. The summed E-state index contributed by atoms with van der Waals surface area (Å²) in [6.07, 6.45) is 3.04. The first kappa shape index (κ1) is 18.8. The molecule has 0 unspecified atom stereocenters. The lowest BCUT2D eigenvalue weighted by molar-refractivity contribution is -0.121. The third-order valence-electron chi connectivity index (χ3n) is 3.75. The van der Waals surface area contributed by atoms with Crippen molar-refractivity contribution < 1.29 is 14.3 Å². The summed E-state index contributed by atoms with van der Waals surface area (Å²) in [6.45, 7) is -0.198. The Hall–Kier alpha value is -3.94. The van der Waals surface area contributed by atoms with Crippen LogP contribution in [-0.4, -0.2) is 40.7 Å². The number of aromatic nitrogens is 3. The van der Waals surface area contributed by atoms with Crippen molar-refractivity contribution >= 4 is 23.8 Å². The van der Waals surface area contributed by atoms with Crippen LogP contribution in [0, 0.1) is 0 Å². The van der Waals surface area contributed by atoms with E-state index >= 15 is 0 Å². The maximum atomic E-state index is 12.0. The number of hydrogen-bond acceptors (Lipinski definition) is 5. The molecule has 2 aromatic carbocycles. The Balaban J connectivity index is 1.52. The van der Waals surface area contributed by atoms with Crippen LogP contribution in [0.3, 0.4) is 0 Å². The van der Waals surface area contributed by atoms with Crippen molar-refractivity contribution in [3.63, 3.8) is 0 Å². The zero-order valence-electron chi connectivity index (χ0n) is 15.2. The van der Waals surface area contributed by atoms with Crippen molar-refractivity contribution in [2.45, 2.75) is 0 Å². The summed E-state index contributed by atoms with van der Waals surface area (Å²) in [6, 6.07) is 16.7. The fourth-order valence-electron chi connectivity index (χ4n) is 2.41. The molecule has 1 aromatic heterocycles. The molecule has 0 aliphatic carbocycles. The molecule has 28 heavy (non-hydrogen) atoms. The number of H-pyrrole nitrogens is 1. The van der Waals surface area contributed by atoms with Crippen LogP contribution in [0.1, 0.15) is 5.56 Å². The van der Waals surface area contributed by atoms with Gasteiger partial charge in [0.1, 0.15) is 5.75 Å². The second-order valence-electron chi connectivity index (χ2n) is 5.72. The average molecular weight is 377 g/mol. The molecule has 3 rings (SSSR count). The van der Waals surface area contributed by atoms with Gasteiger partial charge in [-0.2, -0.15) is 4.98 Å². The van der Waals surface area contributed by atoms with Crippen molar-refractivity contribution in [1.29, 1.82) is 0 Å². The van der Waals surface area contributed by atoms with E-state index in [9.17, 15) is 9.59 Å². The van der Waals surface area contributed by atoms with E-state index in [-0.39, 0.29) is 18.4 Å². The molecule has 0 atom stereocenters. The van der Waals surface area contributed by atoms with E-state index in [2.05, 4.69) is 25.8 Å². The van der Waals surface area contributed by atoms with Gasteiger partial charge in [0, 0.05) is 6.08 Å². The number of carbonyl (C=O) groups excluding carboxylic acids is 2. The maximum Gasteiger partial charge on any atom is 0.249 e. The molecule has 0 spiro atoms. The quantitative estimate of drug-likeness (QED) is 0.547. The number of benzene rings is 2. The largest absolute Gasteiger partial charge is 0.496 e. The number of rotatable bonds is 7. The molecular formula is C20H19N5O3. The highest BCUT2D eigenvalue weighted by Crippen LogP contribution is 2.26. The van der Waals surface area contributed by atoms with Crippen molar-refractivity contribution in [3.05, 3.63) is 66.2 Å². The summed E-state index contributed by atoms with van der Waals surface area (Å²) in [4.78, 5) is 28.0. The molecule has 0 aliphatic heterocycles. The molecular weight excluding hydrogens is 358 g/mol. The molecule has 0 fully saturated rings. The number of nitrogens with zero attached hydrogens (tertiary/aromatic N) is 2. The summed E-state index contributed by atoms with van der Waals surface area (Å²) >= 11 is 0. The average Bonchev–Trinajstić information content (AvgIpc) is 3.19. The SMILES string of the molecule is COc1ccccc1-c1nc(NC(=O)CNC(=O)/C=C/c2ccccc2)n[nH]1. The Morgan fingerprint density at radius 1 is 1.11 bits per heavy atom. The molecule has 0 bridgehead atoms. The van der Waals surface area contributed by atoms with Crippen LogP contribution in [0.5, 0.6) is 5.75 Å². The van der Waals surface area contributed by atoms with Gasteiger partial charge in [0.2, 0.25) is 17.8 Å². The number of hydrogen-bond donors (Lipinski definition) is 3. The third kappa shape index (κ3) is 5.04. The minimum Gasteiger partial charge on any atom is -0.496 e. The molecule has 0 saturated carbocycles. The molecule has 0 aliphatic rings. The summed E-state index contributed by atoms with van der Waals surface area (Å²) in [5.74, 6) is 0.396. The Kier molecular flexibility index (Phi) is 6.14. The Morgan fingerprint density at radius 2 is 1.86 bits per heavy atom. The smallest absolute Gasteiger partial charge is 0.249 e. The van der Waals surface area contributed by atoms with E-state index in [0.29, 0.717) is 11.6 Å². The number of methoxy groups -OCH3 is 1. The van der Waals surface area contributed by atoms with Crippen molar-refractivity contribution in [1.82, 2.24) is 20.5 Å². The lowest BCUT2D eigenvalue weighted by Gasteiger charge is -2.04. The molecule has 1 heterocycles. The molecule has 2 amide bonds. The van der Waals surface area contributed by atoms with Gasteiger partial charge in [-0.3, -0.25) is 20.0 Å². The minimum absolute atomic E-state index is 0.111. The molecule has 8 heteroatoms. The van der Waals surface area contributed by atoms with E-state index in [1.807, 2.05) is 48.5 Å². The van der Waals surface area contributed by atoms with Gasteiger partial charge in [0.05, 0.1) is 19.2 Å². The zero-order valence-corrected chi connectivity index (χ0v) is 15.2. The van der Waals surface area contributed by atoms with Crippen LogP contribution in [0.25, 0.3) is 17.5 Å². The Bertz CT molecular complexity index is 982. The highest BCUT2D eigenvalue weighted by atomic mass is 16.5. The van der Waals surface area contributed by atoms with E-state index in [1.165, 1.54) is 6.08 Å². The van der Waals surface area contributed by atoms with Crippen LogP contribution in [0.2, 0.25) is 0 Å². The lowest BCUT2D eigenvalue weighted by atomic mass is 10.2. The van der Waals surface area contributed by atoms with Crippen molar-refractivity contribution in [2.75, 3.05) is 19.0 Å². The number of carbonyl (C=O) groups is 2. The van der Waals surface area contributed by atoms with Gasteiger partial charge in [-0.15, -0.1) is 5.10 Å². The molecule has 0 saturated heterocycles. The Morgan fingerprint density at radius 3 is 2.64 bits per heavy atom. The van der Waals surface area contributed by atoms with Gasteiger partial charge in [-0.05, 0) is 23.8 Å². The van der Waals surface area contributed by atoms with Crippen LogP contribution in [0.15, 0.2) is 60.7 Å². The van der Waals surface area contributed by atoms with Crippen molar-refractivity contribution in [2.24, 2.45) is 0 Å². The fraction of sp³-hybridized carbons (Fsp3) is 0.100. The standard InChI is InChI=1S/C20H19N5O3/c1-28-16-10-6-5-9-15(16)19-23-20(25-24-19)22-18(27)13-21-17(26)12-11-14-7-3-2-4-8-14/h2-12H,13H2,1H3,(H,21,26)(H2,22,23,24,25,27)/b12-11+. The zero-order chi connectivity index (χ0) is 19.8. The van der Waals surface area contributed by atoms with Gasteiger partial charge in [-0.25, -0.2) is 0 Å². The highest BCUT2D eigenvalue weighted by molar-refractivity contribution is 5.97. The summed E-state index contributed by atoms with van der Waals surface area (Å²) in [5.41, 5.74) is 1.61. The lowest BCUT2D eigenvalue weighted by Crippen LogP contribution is -2.32. The van der Waals surface area contributed by atoms with E-state index in [4.69, 9.17) is 4.74 Å². The minimum atomic E-state index is -0.438. The molecule has 3 N–H and O–H groups in total. The topological polar surface area (TPSA) is 109 Å². The van der Waals surface area contributed by atoms with Gasteiger partial charge >= 0.3 is 0 Å². The predicted octanol–water partition coefficient (Wildman–Crippen LogP) is 2.25. The number of para-hydroxylation sites is 1. The molecule has 8 nitrogen and oxygen atoms in total. The first-order chi connectivity index (χ1) is 13.7. The van der Waals surface area contributed by atoms with Crippen LogP contribution in [-0.2, 0) is 9.59 Å². The second kappa shape index (κ2) is 9.13. The van der Waals surface area contributed by atoms with Gasteiger partial charge in [-0.1, -0.05) is 42.5 Å². The van der Waals surface area contributed by atoms with Gasteiger partial charge in [0.15, 0.2) is 5.82 Å². The number of aromatic amines is 1. The first-order valence-corrected chi connectivity index (χ1v) is 8.52. The van der Waals surface area contributed by atoms with Crippen LogP contribution >= 0.6 is 0 Å². The van der Waals surface area contributed by atoms with Gasteiger partial charge < -0.3 is 10.1 Å². The number of ether oxygens (including phenoxy) is 1. The second-order valence-corrected chi connectivity index (χ2v) is 5.72. The van der Waals surface area contributed by atoms with Crippen LogP contribution < -0.4 is 15.4 Å². The number of amides is 2. The van der Waals surface area contributed by atoms with Crippen molar-refractivity contribution in [3.8, 4) is 17.1 Å². The van der Waals surface area contributed by atoms with E-state index < -0.39 is 5.91 Å². The predicted molar refractivity (Wildman–Crippen MR) is 105 cm³/mol. The number of anilines is 1. The normalized spacial score (nSPS) is 10.6.